The maximum Gasteiger partial charge on any atom is 0.0635 e. The summed E-state index contributed by atoms with van der Waals surface area (Å²) in [5.41, 5.74) is 13.2. The fourth-order valence-corrected chi connectivity index (χ4v) is 9.28. The Bertz CT molecular complexity index is 2730. The second-order valence-corrected chi connectivity index (χ2v) is 14.1. The average molecular weight is 642 g/mol. The number of aryl methyl sites for hydroxylation is 1. The van der Waals surface area contributed by atoms with Gasteiger partial charge in [0.15, 0.2) is 0 Å². The zero-order chi connectivity index (χ0) is 32.8. The van der Waals surface area contributed by atoms with Gasteiger partial charge in [-0.15, -0.1) is 0 Å². The smallest absolute Gasteiger partial charge is 0.0635 e. The van der Waals surface area contributed by atoms with Gasteiger partial charge >= 0.3 is 0 Å². The fraction of sp³-hybridized carbons (Fsp3) is 0.128. The van der Waals surface area contributed by atoms with E-state index in [0.717, 1.165) is 25.8 Å². The van der Waals surface area contributed by atoms with Crippen LogP contribution in [0.1, 0.15) is 41.0 Å². The molecule has 0 saturated carbocycles. The van der Waals surface area contributed by atoms with Crippen LogP contribution >= 0.6 is 0 Å². The van der Waals surface area contributed by atoms with Crippen molar-refractivity contribution in [3.8, 4) is 0 Å². The summed E-state index contributed by atoms with van der Waals surface area (Å²) in [5.74, 6) is 0.290. The highest BCUT2D eigenvalue weighted by molar-refractivity contribution is 6.14. The van der Waals surface area contributed by atoms with Gasteiger partial charge in [-0.3, -0.25) is 4.99 Å². The fourth-order valence-electron chi connectivity index (χ4n) is 9.28. The molecule has 1 aromatic heterocycles. The van der Waals surface area contributed by atoms with E-state index in [0.29, 0.717) is 0 Å². The maximum absolute atomic E-state index is 4.48. The Morgan fingerprint density at radius 1 is 0.660 bits per heavy atom. The number of para-hydroxylation sites is 2. The van der Waals surface area contributed by atoms with Crippen molar-refractivity contribution in [2.45, 2.75) is 31.2 Å². The first-order chi connectivity index (χ1) is 24.8. The Kier molecular flexibility index (Phi) is 6.03. The van der Waals surface area contributed by atoms with Gasteiger partial charge in [0.1, 0.15) is 0 Å². The third-order valence-corrected chi connectivity index (χ3v) is 11.5. The molecule has 0 fully saturated rings. The molecule has 0 bridgehead atoms. The number of aromatic nitrogens is 1. The molecule has 0 spiro atoms. The lowest BCUT2D eigenvalue weighted by Gasteiger charge is -2.31. The first-order valence-corrected chi connectivity index (χ1v) is 18.0. The van der Waals surface area contributed by atoms with Crippen LogP contribution in [-0.4, -0.2) is 23.4 Å². The molecule has 11 rings (SSSR count). The third-order valence-electron chi connectivity index (χ3n) is 11.5. The SMILES string of the molecule is C1=Cc2c(c3ccccc3c3ccc(N4c5ccccc5C5C=CC(c6ccc7c8ccccc8n(C8=CC=NCC8)c7c6)=CC54)cc23)CC1. The Balaban J connectivity index is 1.08. The van der Waals surface area contributed by atoms with Crippen LogP contribution < -0.4 is 4.90 Å². The molecule has 0 saturated heterocycles. The standard InChI is InChI=1S/C47H35N3/c1-2-11-36-34(9-1)35-10-3-4-12-37(35)43-29-33(19-22-38(36)43)50-45-16-8-6-14-40(45)42-21-18-31(28-47(42)50)30-17-20-41-39-13-5-7-15-44(39)49(46(41)27-30)32-23-25-48-26-24-32/h1-2,4-9,11-23,25,27-29,42,47H,3,10,24,26H2. The molecule has 2 aliphatic carbocycles. The molecule has 4 aliphatic rings. The number of hydrogen-bond acceptors (Lipinski definition) is 2. The van der Waals surface area contributed by atoms with Crippen molar-refractivity contribution in [1.29, 1.82) is 0 Å². The zero-order valence-corrected chi connectivity index (χ0v) is 27.8. The number of dihydropyridines is 1. The van der Waals surface area contributed by atoms with E-state index in [1.807, 2.05) is 6.21 Å². The van der Waals surface area contributed by atoms with Gasteiger partial charge in [-0.2, -0.15) is 0 Å². The summed E-state index contributed by atoms with van der Waals surface area (Å²) in [6.07, 6.45) is 19.3. The molecule has 50 heavy (non-hydrogen) atoms. The van der Waals surface area contributed by atoms with Crippen LogP contribution in [0.2, 0.25) is 0 Å². The Labute approximate surface area is 291 Å². The number of rotatable bonds is 3. The Hall–Kier alpha value is -5.93. The molecule has 238 valence electrons. The molecule has 2 atom stereocenters. The molecule has 6 aromatic carbocycles. The van der Waals surface area contributed by atoms with Crippen molar-refractivity contribution in [3.63, 3.8) is 0 Å². The van der Waals surface area contributed by atoms with Crippen molar-refractivity contribution >= 4 is 78.3 Å². The monoisotopic (exact) mass is 641 g/mol. The molecule has 2 unspecified atom stereocenters. The van der Waals surface area contributed by atoms with E-state index >= 15 is 0 Å². The Morgan fingerprint density at radius 3 is 2.38 bits per heavy atom. The second kappa shape index (κ2) is 10.8. The summed E-state index contributed by atoms with van der Waals surface area (Å²) in [7, 11) is 0. The number of aliphatic imine (C=N–C) groups is 1. The minimum atomic E-state index is 0.176. The van der Waals surface area contributed by atoms with Gasteiger partial charge < -0.3 is 9.47 Å². The van der Waals surface area contributed by atoms with Crippen LogP contribution in [0.3, 0.4) is 0 Å². The van der Waals surface area contributed by atoms with Gasteiger partial charge in [0.25, 0.3) is 0 Å². The predicted octanol–water partition coefficient (Wildman–Crippen LogP) is 11.6. The van der Waals surface area contributed by atoms with Crippen molar-refractivity contribution < 1.29 is 0 Å². The zero-order valence-electron chi connectivity index (χ0n) is 27.8. The average Bonchev–Trinajstić information content (AvgIpc) is 3.70. The summed E-state index contributed by atoms with van der Waals surface area (Å²) in [6, 6.07) is 41.2. The lowest BCUT2D eigenvalue weighted by atomic mass is 9.86. The predicted molar refractivity (Wildman–Crippen MR) is 213 cm³/mol. The van der Waals surface area contributed by atoms with Gasteiger partial charge in [-0.25, -0.2) is 0 Å². The van der Waals surface area contributed by atoms with E-state index in [1.54, 1.807) is 0 Å². The molecule has 3 nitrogen and oxygen atoms in total. The van der Waals surface area contributed by atoms with Gasteiger partial charge in [-0.05, 0) is 98.6 Å². The lowest BCUT2D eigenvalue weighted by Crippen LogP contribution is -2.29. The van der Waals surface area contributed by atoms with Crippen molar-refractivity contribution in [2.24, 2.45) is 4.99 Å². The van der Waals surface area contributed by atoms with Gasteiger partial charge in [0, 0.05) is 52.9 Å². The third kappa shape index (κ3) is 4.01. The van der Waals surface area contributed by atoms with Crippen molar-refractivity contribution in [1.82, 2.24) is 4.57 Å². The topological polar surface area (TPSA) is 20.5 Å². The number of allylic oxidation sites excluding steroid dienone is 4. The van der Waals surface area contributed by atoms with E-state index in [9.17, 15) is 0 Å². The molecule has 2 aliphatic heterocycles. The largest absolute Gasteiger partial charge is 0.333 e. The molecular weight excluding hydrogens is 607 g/mol. The van der Waals surface area contributed by atoms with E-state index in [2.05, 4.69) is 160 Å². The van der Waals surface area contributed by atoms with Crippen LogP contribution in [0.25, 0.3) is 60.7 Å². The summed E-state index contributed by atoms with van der Waals surface area (Å²) in [4.78, 5) is 7.07. The lowest BCUT2D eigenvalue weighted by molar-refractivity contribution is 0.747. The van der Waals surface area contributed by atoms with Crippen LogP contribution in [0, 0.1) is 0 Å². The number of nitrogens with zero attached hydrogens (tertiary/aromatic N) is 3. The minimum Gasteiger partial charge on any atom is -0.333 e. The highest BCUT2D eigenvalue weighted by atomic mass is 15.2. The first kappa shape index (κ1) is 28.0. The molecule has 3 heteroatoms. The van der Waals surface area contributed by atoms with E-state index in [-0.39, 0.29) is 12.0 Å². The van der Waals surface area contributed by atoms with Gasteiger partial charge in [-0.1, -0.05) is 109 Å². The summed E-state index contributed by atoms with van der Waals surface area (Å²) >= 11 is 0. The maximum atomic E-state index is 4.48. The van der Waals surface area contributed by atoms with Crippen LogP contribution in [0.5, 0.6) is 0 Å². The highest BCUT2D eigenvalue weighted by Gasteiger charge is 2.38. The minimum absolute atomic E-state index is 0.176. The molecule has 7 aromatic rings. The molecule has 3 heterocycles. The van der Waals surface area contributed by atoms with Crippen molar-refractivity contribution in [2.75, 3.05) is 11.4 Å². The van der Waals surface area contributed by atoms with Crippen LogP contribution in [-0.2, 0) is 6.42 Å². The first-order valence-electron chi connectivity index (χ1n) is 18.0. The molecule has 0 N–H and O–H groups in total. The van der Waals surface area contributed by atoms with E-state index in [1.165, 1.54) is 88.2 Å². The number of fused-ring (bicyclic) bond motifs is 12. The Morgan fingerprint density at radius 2 is 1.46 bits per heavy atom. The van der Waals surface area contributed by atoms with Crippen LogP contribution in [0.15, 0.2) is 145 Å². The number of anilines is 2. The van der Waals surface area contributed by atoms with Gasteiger partial charge in [0.05, 0.1) is 17.1 Å². The summed E-state index contributed by atoms with van der Waals surface area (Å²) in [6.45, 7) is 0.830. The number of benzene rings is 6. The summed E-state index contributed by atoms with van der Waals surface area (Å²) < 4.78 is 2.46. The number of hydrogen-bond donors (Lipinski definition) is 0. The summed E-state index contributed by atoms with van der Waals surface area (Å²) in [5, 5.41) is 8.03. The van der Waals surface area contributed by atoms with E-state index in [4.69, 9.17) is 0 Å². The second-order valence-electron chi connectivity index (χ2n) is 14.1. The van der Waals surface area contributed by atoms with E-state index < -0.39 is 0 Å². The highest BCUT2D eigenvalue weighted by Crippen LogP contribution is 2.50. The molecular formula is C47H35N3. The molecule has 0 radical (unpaired) electrons. The normalized spacial score (nSPS) is 19.2. The molecule has 0 amide bonds. The van der Waals surface area contributed by atoms with Gasteiger partial charge in [0.2, 0.25) is 0 Å². The quantitative estimate of drug-likeness (QED) is 0.176. The van der Waals surface area contributed by atoms with Crippen molar-refractivity contribution in [3.05, 3.63) is 162 Å². The van der Waals surface area contributed by atoms with Crippen LogP contribution in [0.4, 0.5) is 11.4 Å².